The van der Waals surface area contributed by atoms with Gasteiger partial charge in [0.2, 0.25) is 5.91 Å². The first-order valence-electron chi connectivity index (χ1n) is 8.52. The molecule has 4 nitrogen and oxygen atoms in total. The summed E-state index contributed by atoms with van der Waals surface area (Å²) in [5.41, 5.74) is 0. The van der Waals surface area contributed by atoms with Gasteiger partial charge < -0.3 is 10.6 Å². The van der Waals surface area contributed by atoms with Gasteiger partial charge in [0.05, 0.1) is 0 Å². The number of rotatable bonds is 5. The minimum atomic E-state index is 0.209. The molecule has 20 heavy (non-hydrogen) atoms. The fraction of sp³-hybridized carbons (Fsp3) is 0.938. The van der Waals surface area contributed by atoms with E-state index in [9.17, 15) is 4.79 Å². The Balaban J connectivity index is 1.88. The van der Waals surface area contributed by atoms with Crippen LogP contribution in [0.25, 0.3) is 0 Å². The van der Waals surface area contributed by atoms with E-state index in [0.717, 1.165) is 19.0 Å². The molecule has 116 valence electrons. The zero-order valence-electron chi connectivity index (χ0n) is 13.0. The average Bonchev–Trinajstić information content (AvgIpc) is 2.72. The van der Waals surface area contributed by atoms with Crippen molar-refractivity contribution in [2.75, 3.05) is 32.7 Å². The van der Waals surface area contributed by atoms with Crippen LogP contribution in [0.4, 0.5) is 0 Å². The van der Waals surface area contributed by atoms with Crippen molar-refractivity contribution in [2.24, 2.45) is 5.92 Å². The predicted molar refractivity (Wildman–Crippen MR) is 82.7 cm³/mol. The van der Waals surface area contributed by atoms with Crippen molar-refractivity contribution < 1.29 is 4.79 Å². The predicted octanol–water partition coefficient (Wildman–Crippen LogP) is 1.76. The lowest BCUT2D eigenvalue weighted by atomic mass is 9.87. The molecule has 1 unspecified atom stereocenters. The first-order valence-corrected chi connectivity index (χ1v) is 8.52. The van der Waals surface area contributed by atoms with Gasteiger partial charge in [-0.15, -0.1) is 0 Å². The molecular weight excluding hydrogens is 250 g/mol. The third kappa shape index (κ3) is 4.74. The van der Waals surface area contributed by atoms with Gasteiger partial charge in [0, 0.05) is 25.6 Å². The highest BCUT2D eigenvalue weighted by atomic mass is 16.1. The standard InChI is InChI=1S/C16H31N3O/c1-2-18-16(20)9-13-19-12-5-3-4-6-15(19)14-7-10-17-11-8-14/h14-15,17H,2-13H2,1H3,(H,18,20). The molecule has 0 saturated carbocycles. The molecule has 1 atom stereocenters. The Bertz CT molecular complexity index is 289. The van der Waals surface area contributed by atoms with Crippen LogP contribution in [0.3, 0.4) is 0 Å². The summed E-state index contributed by atoms with van der Waals surface area (Å²) in [6.07, 6.45) is 8.64. The number of nitrogens with one attached hydrogen (secondary N) is 2. The molecule has 0 aliphatic carbocycles. The van der Waals surface area contributed by atoms with E-state index in [1.54, 1.807) is 0 Å². The van der Waals surface area contributed by atoms with E-state index in [0.29, 0.717) is 12.5 Å². The number of likely N-dealkylation sites (tertiary alicyclic amines) is 1. The van der Waals surface area contributed by atoms with E-state index in [1.807, 2.05) is 6.92 Å². The lowest BCUT2D eigenvalue weighted by Gasteiger charge is -2.38. The Morgan fingerprint density at radius 1 is 1.20 bits per heavy atom. The molecule has 2 saturated heterocycles. The van der Waals surface area contributed by atoms with Crippen molar-refractivity contribution in [2.45, 2.75) is 57.9 Å². The summed E-state index contributed by atoms with van der Waals surface area (Å²) >= 11 is 0. The fourth-order valence-corrected chi connectivity index (χ4v) is 3.76. The summed E-state index contributed by atoms with van der Waals surface area (Å²) in [7, 11) is 0. The molecule has 0 radical (unpaired) electrons. The van der Waals surface area contributed by atoms with E-state index < -0.39 is 0 Å². The Kier molecular flexibility index (Phi) is 6.80. The molecule has 0 aromatic rings. The molecular formula is C16H31N3O. The molecule has 2 heterocycles. The van der Waals surface area contributed by atoms with E-state index >= 15 is 0 Å². The minimum Gasteiger partial charge on any atom is -0.356 e. The van der Waals surface area contributed by atoms with Crippen molar-refractivity contribution in [3.63, 3.8) is 0 Å². The van der Waals surface area contributed by atoms with E-state index in [2.05, 4.69) is 15.5 Å². The van der Waals surface area contributed by atoms with Crippen molar-refractivity contribution >= 4 is 5.91 Å². The van der Waals surface area contributed by atoms with Crippen LogP contribution in [0.1, 0.15) is 51.9 Å². The van der Waals surface area contributed by atoms with Crippen LogP contribution in [0.5, 0.6) is 0 Å². The Hall–Kier alpha value is -0.610. The third-order valence-corrected chi connectivity index (χ3v) is 4.84. The second kappa shape index (κ2) is 8.63. The van der Waals surface area contributed by atoms with Gasteiger partial charge >= 0.3 is 0 Å². The molecule has 0 spiro atoms. The minimum absolute atomic E-state index is 0.209. The normalized spacial score (nSPS) is 26.1. The first-order chi connectivity index (χ1) is 9.81. The summed E-state index contributed by atoms with van der Waals surface area (Å²) in [5, 5.41) is 6.39. The second-order valence-corrected chi connectivity index (χ2v) is 6.24. The number of amides is 1. The molecule has 1 amide bonds. The van der Waals surface area contributed by atoms with Gasteiger partial charge in [0.15, 0.2) is 0 Å². The van der Waals surface area contributed by atoms with Gasteiger partial charge in [-0.2, -0.15) is 0 Å². The number of carbonyl (C=O) groups excluding carboxylic acids is 1. The molecule has 2 aliphatic rings. The molecule has 2 aliphatic heterocycles. The van der Waals surface area contributed by atoms with Crippen molar-refractivity contribution in [1.82, 2.24) is 15.5 Å². The highest BCUT2D eigenvalue weighted by molar-refractivity contribution is 5.75. The van der Waals surface area contributed by atoms with Crippen LogP contribution in [0.2, 0.25) is 0 Å². The fourth-order valence-electron chi connectivity index (χ4n) is 3.76. The highest BCUT2D eigenvalue weighted by Gasteiger charge is 2.29. The molecule has 0 aromatic heterocycles. The molecule has 2 rings (SSSR count). The molecule has 0 bridgehead atoms. The van der Waals surface area contributed by atoms with Crippen LogP contribution in [0.15, 0.2) is 0 Å². The molecule has 2 N–H and O–H groups in total. The monoisotopic (exact) mass is 281 g/mol. The van der Waals surface area contributed by atoms with Crippen LogP contribution < -0.4 is 10.6 Å². The SMILES string of the molecule is CCNC(=O)CCN1CCCCCC1C1CCNCC1. The van der Waals surface area contributed by atoms with Crippen molar-refractivity contribution in [3.8, 4) is 0 Å². The van der Waals surface area contributed by atoms with E-state index in [-0.39, 0.29) is 5.91 Å². The van der Waals surface area contributed by atoms with Gasteiger partial charge in [-0.3, -0.25) is 9.69 Å². The van der Waals surface area contributed by atoms with Gasteiger partial charge in [0.25, 0.3) is 0 Å². The Morgan fingerprint density at radius 2 is 2.00 bits per heavy atom. The van der Waals surface area contributed by atoms with Crippen molar-refractivity contribution in [3.05, 3.63) is 0 Å². The van der Waals surface area contributed by atoms with Crippen LogP contribution in [-0.4, -0.2) is 49.6 Å². The largest absolute Gasteiger partial charge is 0.356 e. The maximum Gasteiger partial charge on any atom is 0.221 e. The molecule has 0 aromatic carbocycles. The van der Waals surface area contributed by atoms with E-state index in [4.69, 9.17) is 0 Å². The van der Waals surface area contributed by atoms with Gasteiger partial charge in [-0.1, -0.05) is 12.8 Å². The van der Waals surface area contributed by atoms with Crippen LogP contribution >= 0.6 is 0 Å². The second-order valence-electron chi connectivity index (χ2n) is 6.24. The van der Waals surface area contributed by atoms with E-state index in [1.165, 1.54) is 58.2 Å². The summed E-state index contributed by atoms with van der Waals surface area (Å²) in [6.45, 7) is 7.21. The zero-order chi connectivity index (χ0) is 14.2. The summed E-state index contributed by atoms with van der Waals surface area (Å²) in [4.78, 5) is 14.3. The Labute approximate surface area is 123 Å². The first kappa shape index (κ1) is 15.8. The summed E-state index contributed by atoms with van der Waals surface area (Å²) in [5.74, 6) is 1.05. The lowest BCUT2D eigenvalue weighted by molar-refractivity contribution is -0.121. The lowest BCUT2D eigenvalue weighted by Crippen LogP contribution is -2.45. The zero-order valence-corrected chi connectivity index (χ0v) is 13.0. The van der Waals surface area contributed by atoms with Crippen molar-refractivity contribution in [1.29, 1.82) is 0 Å². The quantitative estimate of drug-likeness (QED) is 0.807. The number of piperidine rings is 1. The number of carbonyl (C=O) groups is 1. The maximum atomic E-state index is 11.7. The summed E-state index contributed by atoms with van der Waals surface area (Å²) < 4.78 is 0. The molecule has 2 fully saturated rings. The number of nitrogens with zero attached hydrogens (tertiary/aromatic N) is 1. The summed E-state index contributed by atoms with van der Waals surface area (Å²) in [6, 6.07) is 0.717. The third-order valence-electron chi connectivity index (χ3n) is 4.84. The number of hydrogen-bond donors (Lipinski definition) is 2. The van der Waals surface area contributed by atoms with Gasteiger partial charge in [-0.25, -0.2) is 0 Å². The van der Waals surface area contributed by atoms with Gasteiger partial charge in [0.1, 0.15) is 0 Å². The average molecular weight is 281 g/mol. The maximum absolute atomic E-state index is 11.7. The highest BCUT2D eigenvalue weighted by Crippen LogP contribution is 2.28. The smallest absolute Gasteiger partial charge is 0.221 e. The Morgan fingerprint density at radius 3 is 2.75 bits per heavy atom. The number of hydrogen-bond acceptors (Lipinski definition) is 3. The van der Waals surface area contributed by atoms with Crippen LogP contribution in [-0.2, 0) is 4.79 Å². The van der Waals surface area contributed by atoms with Crippen LogP contribution in [0, 0.1) is 5.92 Å². The van der Waals surface area contributed by atoms with Gasteiger partial charge in [-0.05, 0) is 58.2 Å². The molecule has 4 heteroatoms. The topological polar surface area (TPSA) is 44.4 Å².